The maximum absolute atomic E-state index is 12.3. The van der Waals surface area contributed by atoms with Gasteiger partial charge in [-0.05, 0) is 18.2 Å². The monoisotopic (exact) mass is 337 g/mol. The number of anilines is 1. The lowest BCUT2D eigenvalue weighted by Crippen LogP contribution is -2.27. The van der Waals surface area contributed by atoms with Gasteiger partial charge < -0.3 is 9.72 Å². The van der Waals surface area contributed by atoms with Gasteiger partial charge in [0.15, 0.2) is 11.5 Å². The van der Waals surface area contributed by atoms with Crippen LogP contribution in [0.25, 0.3) is 11.2 Å². The molecule has 2 heterocycles. The lowest BCUT2D eigenvalue weighted by Gasteiger charge is -2.19. The van der Waals surface area contributed by atoms with Crippen LogP contribution in [0.1, 0.15) is 5.56 Å². The van der Waals surface area contributed by atoms with Crippen molar-refractivity contribution in [3.63, 3.8) is 0 Å². The zero-order valence-electron chi connectivity index (χ0n) is 11.9. The number of pyridine rings is 1. The third-order valence-corrected chi connectivity index (χ3v) is 3.09. The topological polar surface area (TPSA) is 98.1 Å². The van der Waals surface area contributed by atoms with Gasteiger partial charge in [0.1, 0.15) is 5.75 Å². The van der Waals surface area contributed by atoms with Gasteiger partial charge in [-0.3, -0.25) is 10.6 Å². The smallest absolute Gasteiger partial charge is 0.406 e. The van der Waals surface area contributed by atoms with Crippen LogP contribution < -0.4 is 9.80 Å². The number of nitrogens with zero attached hydrogens (tertiary/aromatic N) is 3. The van der Waals surface area contributed by atoms with Crippen LogP contribution in [0.5, 0.6) is 5.75 Å². The lowest BCUT2D eigenvalue weighted by atomic mass is 10.2. The van der Waals surface area contributed by atoms with Gasteiger partial charge in [-0.25, -0.2) is 15.0 Å². The quantitative estimate of drug-likeness (QED) is 0.388. The standard InChI is InChI=1S/C14H10F3N5O2/c15-14(16,17)24-9-3-1-2-8(6-9)22(23)12(18)10-4-5-19-13-11(10)20-7-21-13/h1-7,18,23H,(H,19,20,21). The number of hydrogen-bond donors (Lipinski definition) is 3. The Labute approximate surface area is 132 Å². The summed E-state index contributed by atoms with van der Waals surface area (Å²) in [6.45, 7) is 0. The molecule has 0 radical (unpaired) electrons. The summed E-state index contributed by atoms with van der Waals surface area (Å²) >= 11 is 0. The molecule has 0 aliphatic heterocycles. The number of fused-ring (bicyclic) bond motifs is 1. The number of nitrogens with one attached hydrogen (secondary N) is 2. The second kappa shape index (κ2) is 5.81. The molecule has 0 fully saturated rings. The summed E-state index contributed by atoms with van der Waals surface area (Å²) in [7, 11) is 0. The Morgan fingerprint density at radius 3 is 2.79 bits per heavy atom. The van der Waals surface area contributed by atoms with E-state index in [1.165, 1.54) is 30.7 Å². The third kappa shape index (κ3) is 3.13. The highest BCUT2D eigenvalue weighted by Gasteiger charge is 2.31. The van der Waals surface area contributed by atoms with Crippen molar-refractivity contribution in [1.82, 2.24) is 15.0 Å². The molecule has 0 bridgehead atoms. The Morgan fingerprint density at radius 2 is 2.04 bits per heavy atom. The van der Waals surface area contributed by atoms with E-state index in [1.807, 2.05) is 0 Å². The van der Waals surface area contributed by atoms with Crippen molar-refractivity contribution in [2.45, 2.75) is 6.36 Å². The van der Waals surface area contributed by atoms with Crippen molar-refractivity contribution < 1.29 is 23.1 Å². The van der Waals surface area contributed by atoms with Crippen LogP contribution in [0.2, 0.25) is 0 Å². The SMILES string of the molecule is N=C(c1ccnc2nc[nH]c12)N(O)c1cccc(OC(F)(F)F)c1. The van der Waals surface area contributed by atoms with E-state index in [0.717, 1.165) is 12.1 Å². The van der Waals surface area contributed by atoms with Crippen LogP contribution >= 0.6 is 0 Å². The molecular formula is C14H10F3N5O2. The minimum absolute atomic E-state index is 0.0637. The van der Waals surface area contributed by atoms with E-state index >= 15 is 0 Å². The Hall–Kier alpha value is -3.14. The molecule has 24 heavy (non-hydrogen) atoms. The molecule has 0 unspecified atom stereocenters. The molecule has 2 aromatic heterocycles. The summed E-state index contributed by atoms with van der Waals surface area (Å²) in [5.74, 6) is -0.871. The van der Waals surface area contributed by atoms with Crippen molar-refractivity contribution in [2.75, 3.05) is 5.06 Å². The highest BCUT2D eigenvalue weighted by molar-refractivity contribution is 6.12. The van der Waals surface area contributed by atoms with Crippen LogP contribution in [0.15, 0.2) is 42.9 Å². The molecular weight excluding hydrogens is 327 g/mol. The number of hydrogen-bond acceptors (Lipinski definition) is 5. The van der Waals surface area contributed by atoms with Gasteiger partial charge >= 0.3 is 6.36 Å². The first-order valence-electron chi connectivity index (χ1n) is 6.57. The summed E-state index contributed by atoms with van der Waals surface area (Å²) < 4.78 is 40.6. The molecule has 7 nitrogen and oxygen atoms in total. The Morgan fingerprint density at radius 1 is 1.25 bits per heavy atom. The minimum Gasteiger partial charge on any atom is -0.406 e. The van der Waals surface area contributed by atoms with Crippen molar-refractivity contribution in [3.8, 4) is 5.75 Å². The molecule has 0 aliphatic rings. The van der Waals surface area contributed by atoms with Crippen LogP contribution in [-0.2, 0) is 0 Å². The predicted octanol–water partition coefficient (Wildman–Crippen LogP) is 3.08. The molecule has 0 spiro atoms. The second-order valence-corrected chi connectivity index (χ2v) is 4.67. The minimum atomic E-state index is -4.85. The molecule has 10 heteroatoms. The number of imidazole rings is 1. The number of H-pyrrole nitrogens is 1. The fourth-order valence-electron chi connectivity index (χ4n) is 2.10. The van der Waals surface area contributed by atoms with Crippen LogP contribution in [0.4, 0.5) is 18.9 Å². The third-order valence-electron chi connectivity index (χ3n) is 3.09. The van der Waals surface area contributed by atoms with Gasteiger partial charge in [0.25, 0.3) is 0 Å². The molecule has 3 aromatic rings. The molecule has 0 saturated carbocycles. The number of aromatic nitrogens is 3. The highest BCUT2D eigenvalue weighted by Crippen LogP contribution is 2.27. The van der Waals surface area contributed by atoms with Gasteiger partial charge in [0.05, 0.1) is 17.5 Å². The van der Waals surface area contributed by atoms with Gasteiger partial charge in [-0.2, -0.15) is 0 Å². The molecule has 0 aliphatic carbocycles. The van der Waals surface area contributed by atoms with Crippen molar-refractivity contribution in [3.05, 3.63) is 48.4 Å². The van der Waals surface area contributed by atoms with E-state index in [2.05, 4.69) is 19.7 Å². The number of benzene rings is 1. The first-order valence-corrected chi connectivity index (χ1v) is 6.57. The normalized spacial score (nSPS) is 11.5. The molecule has 0 saturated heterocycles. The summed E-state index contributed by atoms with van der Waals surface area (Å²) in [6, 6.07) is 6.14. The Bertz CT molecular complexity index is 893. The lowest BCUT2D eigenvalue weighted by molar-refractivity contribution is -0.274. The van der Waals surface area contributed by atoms with Crippen molar-refractivity contribution >= 4 is 22.7 Å². The molecule has 0 amide bonds. The van der Waals surface area contributed by atoms with Crippen LogP contribution in [0.3, 0.4) is 0 Å². The molecule has 3 N–H and O–H groups in total. The second-order valence-electron chi connectivity index (χ2n) is 4.67. The van der Waals surface area contributed by atoms with Gasteiger partial charge in [0.2, 0.25) is 0 Å². The van der Waals surface area contributed by atoms with E-state index in [-0.39, 0.29) is 17.1 Å². The first kappa shape index (κ1) is 15.7. The highest BCUT2D eigenvalue weighted by atomic mass is 19.4. The maximum Gasteiger partial charge on any atom is 0.573 e. The fraction of sp³-hybridized carbons (Fsp3) is 0.0714. The van der Waals surface area contributed by atoms with Crippen LogP contribution in [-0.4, -0.2) is 32.4 Å². The number of aromatic amines is 1. The molecule has 3 rings (SSSR count). The molecule has 0 atom stereocenters. The number of halogens is 3. The number of alkyl halides is 3. The average molecular weight is 337 g/mol. The summed E-state index contributed by atoms with van der Waals surface area (Å²) in [5.41, 5.74) is 0.984. The number of amidine groups is 1. The van der Waals surface area contributed by atoms with E-state index in [0.29, 0.717) is 16.2 Å². The zero-order chi connectivity index (χ0) is 17.3. The maximum atomic E-state index is 12.3. The number of hydroxylamine groups is 1. The van der Waals surface area contributed by atoms with E-state index in [1.54, 1.807) is 0 Å². The summed E-state index contributed by atoms with van der Waals surface area (Å²) in [4.78, 5) is 10.7. The van der Waals surface area contributed by atoms with Gasteiger partial charge in [0, 0.05) is 17.8 Å². The molecule has 1 aromatic carbocycles. The summed E-state index contributed by atoms with van der Waals surface area (Å²) in [5, 5.41) is 18.7. The largest absolute Gasteiger partial charge is 0.573 e. The summed E-state index contributed by atoms with van der Waals surface area (Å²) in [6.07, 6.45) is -2.06. The Kier molecular flexibility index (Phi) is 3.81. The van der Waals surface area contributed by atoms with E-state index in [4.69, 9.17) is 5.41 Å². The fourth-order valence-corrected chi connectivity index (χ4v) is 2.10. The first-order chi connectivity index (χ1) is 11.3. The van der Waals surface area contributed by atoms with Gasteiger partial charge in [-0.1, -0.05) is 6.07 Å². The Balaban J connectivity index is 1.91. The predicted molar refractivity (Wildman–Crippen MR) is 78.1 cm³/mol. The number of rotatable bonds is 3. The van der Waals surface area contributed by atoms with Crippen LogP contribution in [0, 0.1) is 5.41 Å². The van der Waals surface area contributed by atoms with Crippen molar-refractivity contribution in [1.29, 1.82) is 5.41 Å². The van der Waals surface area contributed by atoms with Gasteiger partial charge in [-0.15, -0.1) is 13.2 Å². The van der Waals surface area contributed by atoms with E-state index in [9.17, 15) is 18.4 Å². The number of ether oxygens (including phenoxy) is 1. The van der Waals surface area contributed by atoms with E-state index < -0.39 is 12.1 Å². The van der Waals surface area contributed by atoms with Crippen molar-refractivity contribution in [2.24, 2.45) is 0 Å². The zero-order valence-corrected chi connectivity index (χ0v) is 11.9. The average Bonchev–Trinajstić information content (AvgIpc) is 3.00. The molecule has 124 valence electrons.